The van der Waals surface area contributed by atoms with E-state index in [-0.39, 0.29) is 12.5 Å². The fraction of sp³-hybridized carbons (Fsp3) is 0.333. The molecule has 0 radical (unpaired) electrons. The molecule has 1 aromatic heterocycles. The predicted octanol–water partition coefficient (Wildman–Crippen LogP) is 3.14. The van der Waals surface area contributed by atoms with Crippen molar-refractivity contribution >= 4 is 39.1 Å². The van der Waals surface area contributed by atoms with Crippen molar-refractivity contribution in [2.24, 2.45) is 4.99 Å². The molecular formula is C18H23BrN4OS. The first-order valence-electron chi connectivity index (χ1n) is 7.96. The predicted molar refractivity (Wildman–Crippen MR) is 108 cm³/mol. The Morgan fingerprint density at radius 3 is 2.48 bits per heavy atom. The van der Waals surface area contributed by atoms with Gasteiger partial charge in [0.2, 0.25) is 5.91 Å². The molecule has 0 aliphatic rings. The molecule has 2 N–H and O–H groups in total. The van der Waals surface area contributed by atoms with Gasteiger partial charge in [0, 0.05) is 28.3 Å². The van der Waals surface area contributed by atoms with E-state index in [9.17, 15) is 4.79 Å². The Morgan fingerprint density at radius 1 is 1.16 bits per heavy atom. The number of aliphatic imine (C=N–C) groups is 1. The fourth-order valence-corrected chi connectivity index (χ4v) is 3.10. The van der Waals surface area contributed by atoms with Crippen molar-refractivity contribution in [3.63, 3.8) is 0 Å². The van der Waals surface area contributed by atoms with Crippen molar-refractivity contribution < 1.29 is 4.79 Å². The summed E-state index contributed by atoms with van der Waals surface area (Å²) >= 11 is 5.18. The first-order valence-corrected chi connectivity index (χ1v) is 9.57. The summed E-state index contributed by atoms with van der Waals surface area (Å²) in [6, 6.07) is 12.2. The SMILES string of the molecule is Cc1ccc(CNC(=NCc2ccc(Br)cc2)NCC(=O)N(C)C)s1. The number of rotatable bonds is 6. The van der Waals surface area contributed by atoms with Crippen LogP contribution in [-0.4, -0.2) is 37.4 Å². The Morgan fingerprint density at radius 2 is 1.88 bits per heavy atom. The summed E-state index contributed by atoms with van der Waals surface area (Å²) < 4.78 is 1.04. The molecule has 0 fully saturated rings. The van der Waals surface area contributed by atoms with Gasteiger partial charge in [-0.15, -0.1) is 11.3 Å². The summed E-state index contributed by atoms with van der Waals surface area (Å²) in [5.74, 6) is 0.634. The van der Waals surface area contributed by atoms with Crippen LogP contribution >= 0.6 is 27.3 Å². The van der Waals surface area contributed by atoms with Crippen LogP contribution in [0.2, 0.25) is 0 Å². The maximum atomic E-state index is 11.8. The highest BCUT2D eigenvalue weighted by Crippen LogP contribution is 2.14. The lowest BCUT2D eigenvalue weighted by atomic mass is 10.2. The summed E-state index contributed by atoms with van der Waals surface area (Å²) in [5.41, 5.74) is 1.11. The normalized spacial score (nSPS) is 11.3. The number of aryl methyl sites for hydroxylation is 1. The minimum Gasteiger partial charge on any atom is -0.351 e. The van der Waals surface area contributed by atoms with Gasteiger partial charge in [0.15, 0.2) is 5.96 Å². The smallest absolute Gasteiger partial charge is 0.241 e. The quantitative estimate of drug-likeness (QED) is 0.555. The number of nitrogens with one attached hydrogen (secondary N) is 2. The van der Waals surface area contributed by atoms with E-state index in [2.05, 4.69) is 50.6 Å². The minimum absolute atomic E-state index is 0.00473. The highest BCUT2D eigenvalue weighted by molar-refractivity contribution is 9.10. The van der Waals surface area contributed by atoms with Crippen molar-refractivity contribution in [2.45, 2.75) is 20.0 Å². The Kier molecular flexibility index (Phi) is 7.46. The number of thiophene rings is 1. The third kappa shape index (κ3) is 6.88. The summed E-state index contributed by atoms with van der Waals surface area (Å²) in [7, 11) is 3.48. The molecule has 1 aromatic carbocycles. The van der Waals surface area contributed by atoms with Crippen LogP contribution < -0.4 is 10.6 Å². The van der Waals surface area contributed by atoms with Gasteiger partial charge in [-0.25, -0.2) is 4.99 Å². The van der Waals surface area contributed by atoms with Gasteiger partial charge in [0.05, 0.1) is 19.6 Å². The largest absolute Gasteiger partial charge is 0.351 e. The molecule has 0 saturated carbocycles. The zero-order chi connectivity index (χ0) is 18.2. The number of halogens is 1. The third-order valence-electron chi connectivity index (χ3n) is 3.46. The van der Waals surface area contributed by atoms with Gasteiger partial charge in [-0.05, 0) is 36.8 Å². The van der Waals surface area contributed by atoms with Crippen LogP contribution in [0, 0.1) is 6.92 Å². The van der Waals surface area contributed by atoms with E-state index >= 15 is 0 Å². The second kappa shape index (κ2) is 9.58. The first kappa shape index (κ1) is 19.5. The summed E-state index contributed by atoms with van der Waals surface area (Å²) in [6.45, 7) is 3.52. The molecule has 134 valence electrons. The van der Waals surface area contributed by atoms with Gasteiger partial charge in [-0.1, -0.05) is 28.1 Å². The van der Waals surface area contributed by atoms with Crippen LogP contribution in [-0.2, 0) is 17.9 Å². The van der Waals surface area contributed by atoms with Crippen molar-refractivity contribution in [1.82, 2.24) is 15.5 Å². The number of amides is 1. The molecule has 0 unspecified atom stereocenters. The van der Waals surface area contributed by atoms with Crippen LogP contribution in [0.5, 0.6) is 0 Å². The molecule has 1 heterocycles. The first-order chi connectivity index (χ1) is 11.9. The number of hydrogen-bond donors (Lipinski definition) is 2. The van der Waals surface area contributed by atoms with Gasteiger partial charge in [0.1, 0.15) is 0 Å². The maximum Gasteiger partial charge on any atom is 0.241 e. The van der Waals surface area contributed by atoms with Crippen LogP contribution in [0.3, 0.4) is 0 Å². The third-order valence-corrected chi connectivity index (χ3v) is 4.99. The zero-order valence-corrected chi connectivity index (χ0v) is 17.1. The summed E-state index contributed by atoms with van der Waals surface area (Å²) in [4.78, 5) is 20.5. The molecule has 0 aliphatic heterocycles. The molecule has 1 amide bonds. The van der Waals surface area contributed by atoms with E-state index in [0.717, 1.165) is 10.0 Å². The number of likely N-dealkylation sites (N-methyl/N-ethyl adjacent to an activating group) is 1. The highest BCUT2D eigenvalue weighted by Gasteiger charge is 2.06. The lowest BCUT2D eigenvalue weighted by Gasteiger charge is -2.14. The average molecular weight is 423 g/mol. The molecular weight excluding hydrogens is 400 g/mol. The molecule has 0 atom stereocenters. The molecule has 0 bridgehead atoms. The van der Waals surface area contributed by atoms with Crippen molar-refractivity contribution in [3.8, 4) is 0 Å². The summed E-state index contributed by atoms with van der Waals surface area (Å²) in [6.07, 6.45) is 0. The Labute approximate surface area is 161 Å². The topological polar surface area (TPSA) is 56.7 Å². The van der Waals surface area contributed by atoms with E-state index in [4.69, 9.17) is 0 Å². The van der Waals surface area contributed by atoms with E-state index in [0.29, 0.717) is 19.0 Å². The van der Waals surface area contributed by atoms with Crippen molar-refractivity contribution in [1.29, 1.82) is 0 Å². The lowest BCUT2D eigenvalue weighted by Crippen LogP contribution is -2.42. The molecule has 7 heteroatoms. The molecule has 0 aliphatic carbocycles. The Hall–Kier alpha value is -1.86. The van der Waals surface area contributed by atoms with E-state index < -0.39 is 0 Å². The number of benzene rings is 1. The molecule has 2 aromatic rings. The molecule has 2 rings (SSSR count). The monoisotopic (exact) mass is 422 g/mol. The van der Waals surface area contributed by atoms with E-state index in [1.807, 2.05) is 24.3 Å². The number of carbonyl (C=O) groups excluding carboxylic acids is 1. The molecule has 0 saturated heterocycles. The van der Waals surface area contributed by atoms with Gasteiger partial charge in [-0.3, -0.25) is 4.79 Å². The van der Waals surface area contributed by atoms with Crippen LogP contribution in [0.4, 0.5) is 0 Å². The number of hydrogen-bond acceptors (Lipinski definition) is 3. The molecule has 25 heavy (non-hydrogen) atoms. The van der Waals surface area contributed by atoms with Gasteiger partial charge < -0.3 is 15.5 Å². The van der Waals surface area contributed by atoms with Crippen molar-refractivity contribution in [3.05, 3.63) is 56.2 Å². The average Bonchev–Trinajstić information content (AvgIpc) is 3.00. The number of nitrogens with zero attached hydrogens (tertiary/aromatic N) is 2. The standard InChI is InChI=1S/C18H23BrN4OS/c1-13-4-9-16(25-13)11-21-18(22-12-17(24)23(2)3)20-10-14-5-7-15(19)8-6-14/h4-9H,10-12H2,1-3H3,(H2,20,21,22). The Balaban J connectivity index is 2.00. The van der Waals surface area contributed by atoms with Crippen LogP contribution in [0.1, 0.15) is 15.3 Å². The Bertz CT molecular complexity index is 725. The fourth-order valence-electron chi connectivity index (χ4n) is 2.00. The summed E-state index contributed by atoms with van der Waals surface area (Å²) in [5, 5.41) is 6.40. The van der Waals surface area contributed by atoms with Crippen molar-refractivity contribution in [2.75, 3.05) is 20.6 Å². The van der Waals surface area contributed by atoms with Crippen LogP contribution in [0.25, 0.3) is 0 Å². The van der Waals surface area contributed by atoms with Gasteiger partial charge in [0.25, 0.3) is 0 Å². The minimum atomic E-state index is 0.00473. The van der Waals surface area contributed by atoms with E-state index in [1.165, 1.54) is 9.75 Å². The molecule has 0 spiro atoms. The van der Waals surface area contributed by atoms with Crippen LogP contribution in [0.15, 0.2) is 45.9 Å². The second-order valence-electron chi connectivity index (χ2n) is 5.80. The lowest BCUT2D eigenvalue weighted by molar-refractivity contribution is -0.127. The highest BCUT2D eigenvalue weighted by atomic mass is 79.9. The maximum absolute atomic E-state index is 11.8. The zero-order valence-electron chi connectivity index (χ0n) is 14.7. The number of carbonyl (C=O) groups is 1. The number of guanidine groups is 1. The van der Waals surface area contributed by atoms with E-state index in [1.54, 1.807) is 30.3 Å². The molecule has 5 nitrogen and oxygen atoms in total. The second-order valence-corrected chi connectivity index (χ2v) is 8.09. The van der Waals surface area contributed by atoms with Gasteiger partial charge >= 0.3 is 0 Å². The van der Waals surface area contributed by atoms with Gasteiger partial charge in [-0.2, -0.15) is 0 Å².